The highest BCUT2D eigenvalue weighted by Crippen LogP contribution is 2.14. The van der Waals surface area contributed by atoms with Gasteiger partial charge in [0.05, 0.1) is 6.61 Å². The van der Waals surface area contributed by atoms with E-state index in [2.05, 4.69) is 5.32 Å². The topological polar surface area (TPSA) is 99.3 Å². The summed E-state index contributed by atoms with van der Waals surface area (Å²) in [7, 11) is -0.487. The lowest BCUT2D eigenvalue weighted by Crippen LogP contribution is -2.53. The molecule has 0 radical (unpaired) electrons. The number of rotatable bonds is 6. The summed E-state index contributed by atoms with van der Waals surface area (Å²) < 4.78 is 31.6. The Morgan fingerprint density at radius 2 is 1.75 bits per heavy atom. The maximum absolute atomic E-state index is 12.4. The van der Waals surface area contributed by atoms with Crippen LogP contribution in [0.4, 0.5) is 10.5 Å². The van der Waals surface area contributed by atoms with Gasteiger partial charge in [0.1, 0.15) is 0 Å². The second-order valence-electron chi connectivity index (χ2n) is 6.31. The van der Waals surface area contributed by atoms with E-state index in [1.165, 1.54) is 28.8 Å². The van der Waals surface area contributed by atoms with E-state index in [4.69, 9.17) is 4.74 Å². The number of ether oxygens (including phenoxy) is 1. The van der Waals surface area contributed by atoms with E-state index in [1.807, 2.05) is 0 Å². The molecule has 9 nitrogen and oxygen atoms in total. The minimum Gasteiger partial charge on any atom is -0.463 e. The van der Waals surface area contributed by atoms with Crippen molar-refractivity contribution in [3.05, 3.63) is 35.9 Å². The minimum atomic E-state index is -3.46. The zero-order valence-electron chi connectivity index (χ0n) is 16.3. The molecule has 1 aromatic rings. The predicted molar refractivity (Wildman–Crippen MR) is 107 cm³/mol. The molecule has 0 spiro atoms. The van der Waals surface area contributed by atoms with Crippen molar-refractivity contribution in [2.75, 3.05) is 52.2 Å². The normalized spacial score (nSPS) is 15.8. The lowest BCUT2D eigenvalue weighted by Gasteiger charge is -2.35. The molecule has 2 amide bonds. The minimum absolute atomic E-state index is 0.255. The number of esters is 1. The summed E-state index contributed by atoms with van der Waals surface area (Å²) in [4.78, 5) is 25.3. The highest BCUT2D eigenvalue weighted by atomic mass is 32.2. The van der Waals surface area contributed by atoms with Gasteiger partial charge in [0, 0.05) is 52.0 Å². The van der Waals surface area contributed by atoms with Crippen LogP contribution in [0, 0.1) is 0 Å². The third kappa shape index (κ3) is 5.78. The third-order valence-electron chi connectivity index (χ3n) is 4.17. The van der Waals surface area contributed by atoms with Crippen LogP contribution in [0.25, 0.3) is 6.08 Å². The Labute approximate surface area is 165 Å². The van der Waals surface area contributed by atoms with Crippen molar-refractivity contribution in [3.63, 3.8) is 0 Å². The van der Waals surface area contributed by atoms with Gasteiger partial charge in [0.25, 0.3) is 10.2 Å². The number of benzene rings is 1. The van der Waals surface area contributed by atoms with Crippen LogP contribution in [0.15, 0.2) is 30.3 Å². The number of urea groups is 1. The van der Waals surface area contributed by atoms with Gasteiger partial charge in [-0.1, -0.05) is 12.1 Å². The summed E-state index contributed by atoms with van der Waals surface area (Å²) in [6.45, 7) is 3.21. The van der Waals surface area contributed by atoms with Gasteiger partial charge in [-0.2, -0.15) is 17.0 Å². The van der Waals surface area contributed by atoms with E-state index >= 15 is 0 Å². The average molecular weight is 410 g/mol. The van der Waals surface area contributed by atoms with Gasteiger partial charge in [0.2, 0.25) is 0 Å². The summed E-state index contributed by atoms with van der Waals surface area (Å²) in [5.74, 6) is -0.407. The molecule has 0 atom stereocenters. The van der Waals surface area contributed by atoms with Gasteiger partial charge in [-0.15, -0.1) is 0 Å². The molecule has 0 saturated carbocycles. The van der Waals surface area contributed by atoms with Crippen LogP contribution < -0.4 is 5.32 Å². The molecule has 10 heteroatoms. The summed E-state index contributed by atoms with van der Waals surface area (Å²) in [6, 6.07) is 6.72. The van der Waals surface area contributed by atoms with E-state index in [1.54, 1.807) is 42.2 Å². The second kappa shape index (κ2) is 9.67. The number of nitrogens with one attached hydrogen (secondary N) is 1. The van der Waals surface area contributed by atoms with Gasteiger partial charge in [0.15, 0.2) is 0 Å². The Bertz CT molecular complexity index is 813. The third-order valence-corrected chi connectivity index (χ3v) is 6.11. The van der Waals surface area contributed by atoms with Crippen molar-refractivity contribution in [3.8, 4) is 0 Å². The number of carbonyl (C=O) groups excluding carboxylic acids is 2. The fraction of sp³-hybridized carbons (Fsp3) is 0.444. The SMILES string of the molecule is CCOC(=O)/C=C\c1ccc(NC(=O)N2CCN(S(=O)(=O)N(C)C)CC2)cc1. The van der Waals surface area contributed by atoms with Crippen molar-refractivity contribution in [2.24, 2.45) is 0 Å². The van der Waals surface area contributed by atoms with Crippen molar-refractivity contribution >= 4 is 34.0 Å². The van der Waals surface area contributed by atoms with Gasteiger partial charge < -0.3 is 15.0 Å². The molecule has 0 unspecified atom stereocenters. The van der Waals surface area contributed by atoms with Crippen molar-refractivity contribution in [2.45, 2.75) is 6.92 Å². The van der Waals surface area contributed by atoms with Crippen molar-refractivity contribution in [1.82, 2.24) is 13.5 Å². The fourth-order valence-electron chi connectivity index (χ4n) is 2.59. The number of hydrogen-bond donors (Lipinski definition) is 1. The fourth-order valence-corrected chi connectivity index (χ4v) is 3.67. The first-order valence-corrected chi connectivity index (χ1v) is 10.3. The molecule has 1 fully saturated rings. The molecule has 1 aliphatic rings. The highest BCUT2D eigenvalue weighted by Gasteiger charge is 2.30. The summed E-state index contributed by atoms with van der Waals surface area (Å²) in [6.07, 6.45) is 2.98. The largest absolute Gasteiger partial charge is 0.463 e. The summed E-state index contributed by atoms with van der Waals surface area (Å²) in [5.41, 5.74) is 1.41. The molecule has 1 aliphatic heterocycles. The predicted octanol–water partition coefficient (Wildman–Crippen LogP) is 1.22. The van der Waals surface area contributed by atoms with Crippen LogP contribution in [0.2, 0.25) is 0 Å². The number of anilines is 1. The first-order chi connectivity index (χ1) is 13.2. The van der Waals surface area contributed by atoms with Crippen LogP contribution in [0.5, 0.6) is 0 Å². The lowest BCUT2D eigenvalue weighted by atomic mass is 10.2. The number of carbonyl (C=O) groups is 2. The maximum atomic E-state index is 12.4. The zero-order valence-corrected chi connectivity index (χ0v) is 17.1. The molecular formula is C18H26N4O5S. The zero-order chi connectivity index (χ0) is 20.7. The first kappa shape index (κ1) is 21.9. The van der Waals surface area contributed by atoms with Gasteiger partial charge in [-0.3, -0.25) is 0 Å². The van der Waals surface area contributed by atoms with Crippen LogP contribution in [0.3, 0.4) is 0 Å². The quantitative estimate of drug-likeness (QED) is 0.562. The number of amides is 2. The molecule has 1 N–H and O–H groups in total. The summed E-state index contributed by atoms with van der Waals surface area (Å²) >= 11 is 0. The summed E-state index contributed by atoms with van der Waals surface area (Å²) in [5, 5.41) is 2.79. The average Bonchev–Trinajstić information content (AvgIpc) is 2.67. The number of piperazine rings is 1. The monoisotopic (exact) mass is 410 g/mol. The van der Waals surface area contributed by atoms with E-state index in [0.717, 1.165) is 5.56 Å². The first-order valence-electron chi connectivity index (χ1n) is 8.92. The molecular weight excluding hydrogens is 384 g/mol. The number of hydrogen-bond acceptors (Lipinski definition) is 5. The Morgan fingerprint density at radius 3 is 2.29 bits per heavy atom. The van der Waals surface area contributed by atoms with Crippen molar-refractivity contribution in [1.29, 1.82) is 0 Å². The van der Waals surface area contributed by atoms with E-state index in [9.17, 15) is 18.0 Å². The lowest BCUT2D eigenvalue weighted by molar-refractivity contribution is -0.137. The smallest absolute Gasteiger partial charge is 0.330 e. The van der Waals surface area contributed by atoms with E-state index < -0.39 is 16.2 Å². The van der Waals surface area contributed by atoms with Crippen LogP contribution in [-0.2, 0) is 19.7 Å². The Kier molecular flexibility index (Phi) is 7.55. The molecule has 1 saturated heterocycles. The van der Waals surface area contributed by atoms with E-state index in [0.29, 0.717) is 25.4 Å². The Balaban J connectivity index is 1.88. The van der Waals surface area contributed by atoms with Gasteiger partial charge in [-0.05, 0) is 30.7 Å². The molecule has 28 heavy (non-hydrogen) atoms. The standard InChI is InChI=1S/C18H26N4O5S/c1-4-27-17(23)10-7-15-5-8-16(9-6-15)19-18(24)21-11-13-22(14-12-21)28(25,26)20(2)3/h5-10H,4,11-14H2,1-3H3,(H,19,24)/b10-7-. The van der Waals surface area contributed by atoms with Crippen molar-refractivity contribution < 1.29 is 22.7 Å². The molecule has 154 valence electrons. The molecule has 0 aliphatic carbocycles. The molecule has 1 aromatic carbocycles. The highest BCUT2D eigenvalue weighted by molar-refractivity contribution is 7.86. The second-order valence-corrected chi connectivity index (χ2v) is 8.46. The Morgan fingerprint density at radius 1 is 1.14 bits per heavy atom. The Hall–Kier alpha value is -2.43. The van der Waals surface area contributed by atoms with Crippen LogP contribution in [-0.4, -0.2) is 80.8 Å². The van der Waals surface area contributed by atoms with E-state index in [-0.39, 0.29) is 19.1 Å². The van der Waals surface area contributed by atoms with Crippen LogP contribution >= 0.6 is 0 Å². The van der Waals surface area contributed by atoms with Gasteiger partial charge >= 0.3 is 12.0 Å². The van der Waals surface area contributed by atoms with Crippen LogP contribution in [0.1, 0.15) is 12.5 Å². The maximum Gasteiger partial charge on any atom is 0.330 e. The molecule has 1 heterocycles. The van der Waals surface area contributed by atoms with Gasteiger partial charge in [-0.25, -0.2) is 9.59 Å². The molecule has 0 bridgehead atoms. The molecule has 2 rings (SSSR count). The molecule has 0 aromatic heterocycles. The number of nitrogens with zero attached hydrogens (tertiary/aromatic N) is 3.